The molecule has 0 nitrogen and oxygen atoms in total. The third kappa shape index (κ3) is 2.04. The Morgan fingerprint density at radius 2 is 1.82 bits per heavy atom. The van der Waals surface area contributed by atoms with Gasteiger partial charge in [-0.3, -0.25) is 0 Å². The minimum absolute atomic E-state index is 0.766. The van der Waals surface area contributed by atoms with E-state index in [-0.39, 0.29) is 0 Å². The first-order valence-corrected chi connectivity index (χ1v) is 3.97. The third-order valence-corrected chi connectivity index (χ3v) is 1.85. The predicted molar refractivity (Wildman–Crippen MR) is 45.3 cm³/mol. The molecule has 0 fully saturated rings. The summed E-state index contributed by atoms with van der Waals surface area (Å²) in [7, 11) is 0. The molecule has 0 aromatic heterocycles. The van der Waals surface area contributed by atoms with Crippen molar-refractivity contribution in [2.75, 3.05) is 0 Å². The van der Waals surface area contributed by atoms with E-state index in [4.69, 9.17) is 0 Å². The first kappa shape index (κ1) is 8.25. The van der Waals surface area contributed by atoms with Crippen molar-refractivity contribution in [1.82, 2.24) is 0 Å². The molecule has 0 saturated heterocycles. The first-order valence-electron chi connectivity index (χ1n) is 3.97. The van der Waals surface area contributed by atoms with E-state index < -0.39 is 6.17 Å². The molecule has 1 heteroatoms. The van der Waals surface area contributed by atoms with E-state index in [2.05, 4.69) is 6.92 Å². The fourth-order valence-electron chi connectivity index (χ4n) is 1.02. The monoisotopic (exact) mass is 152 g/mol. The number of halogens is 1. The van der Waals surface area contributed by atoms with Crippen molar-refractivity contribution in [3.05, 3.63) is 35.4 Å². The van der Waals surface area contributed by atoms with Crippen LogP contribution >= 0.6 is 0 Å². The Morgan fingerprint density at radius 3 is 2.18 bits per heavy atom. The van der Waals surface area contributed by atoms with Gasteiger partial charge in [-0.1, -0.05) is 31.2 Å². The zero-order chi connectivity index (χ0) is 8.27. The smallest absolute Gasteiger partial charge is 0.122 e. The maximum Gasteiger partial charge on any atom is 0.122 e. The predicted octanol–water partition coefficient (Wildman–Crippen LogP) is 3.28. The number of hydrogen-bond acceptors (Lipinski definition) is 0. The Hall–Kier alpha value is -0.850. The highest BCUT2D eigenvalue weighted by molar-refractivity contribution is 5.23. The van der Waals surface area contributed by atoms with Crippen molar-refractivity contribution < 1.29 is 4.39 Å². The van der Waals surface area contributed by atoms with Gasteiger partial charge in [0.2, 0.25) is 0 Å². The van der Waals surface area contributed by atoms with Gasteiger partial charge in [-0.2, -0.15) is 0 Å². The van der Waals surface area contributed by atoms with Gasteiger partial charge in [-0.15, -0.1) is 0 Å². The second kappa shape index (κ2) is 3.51. The second-order valence-electron chi connectivity index (χ2n) is 2.71. The topological polar surface area (TPSA) is 0 Å². The number of benzene rings is 1. The second-order valence-corrected chi connectivity index (χ2v) is 2.71. The summed E-state index contributed by atoms with van der Waals surface area (Å²) in [6.07, 6.45) is 0.168. The molecule has 0 spiro atoms. The summed E-state index contributed by atoms with van der Waals surface area (Å²) < 4.78 is 12.7. The molecule has 1 aromatic rings. The van der Waals surface area contributed by atoms with Crippen molar-refractivity contribution in [3.8, 4) is 0 Å². The fraction of sp³-hybridized carbons (Fsp3) is 0.400. The van der Waals surface area contributed by atoms with Crippen molar-refractivity contribution in [3.63, 3.8) is 0 Å². The van der Waals surface area contributed by atoms with E-state index in [1.807, 2.05) is 24.3 Å². The molecule has 0 heterocycles. The Kier molecular flexibility index (Phi) is 2.64. The molecule has 0 aliphatic rings. The lowest BCUT2D eigenvalue weighted by Crippen LogP contribution is -1.86. The number of hydrogen-bond donors (Lipinski definition) is 0. The standard InChI is InChI=1S/C10H13F/c1-3-9-4-6-10(7-5-9)8(2)11/h4-8H,3H2,1-2H3. The van der Waals surface area contributed by atoms with Crippen LogP contribution in [0.5, 0.6) is 0 Å². The summed E-state index contributed by atoms with van der Waals surface area (Å²) in [5, 5.41) is 0. The van der Waals surface area contributed by atoms with Gasteiger partial charge in [0, 0.05) is 0 Å². The highest BCUT2D eigenvalue weighted by Gasteiger charge is 2.00. The number of alkyl halides is 1. The van der Waals surface area contributed by atoms with Gasteiger partial charge in [-0.25, -0.2) is 4.39 Å². The summed E-state index contributed by atoms with van der Waals surface area (Å²) in [6.45, 7) is 3.65. The highest BCUT2D eigenvalue weighted by Crippen LogP contribution is 2.16. The van der Waals surface area contributed by atoms with Gasteiger partial charge in [-0.05, 0) is 24.5 Å². The number of aryl methyl sites for hydroxylation is 1. The zero-order valence-corrected chi connectivity index (χ0v) is 6.97. The average Bonchev–Trinajstić information content (AvgIpc) is 2.05. The molecule has 0 aliphatic carbocycles. The molecule has 1 aromatic carbocycles. The molecule has 1 rings (SSSR count). The van der Waals surface area contributed by atoms with E-state index >= 15 is 0 Å². The van der Waals surface area contributed by atoms with Gasteiger partial charge in [0.25, 0.3) is 0 Å². The van der Waals surface area contributed by atoms with E-state index in [0.717, 1.165) is 12.0 Å². The molecule has 0 amide bonds. The fourth-order valence-corrected chi connectivity index (χ4v) is 1.02. The van der Waals surface area contributed by atoms with Crippen LogP contribution in [0.15, 0.2) is 24.3 Å². The van der Waals surface area contributed by atoms with Crippen molar-refractivity contribution >= 4 is 0 Å². The molecular formula is C10H13F. The van der Waals surface area contributed by atoms with Gasteiger partial charge < -0.3 is 0 Å². The lowest BCUT2D eigenvalue weighted by Gasteiger charge is -2.02. The van der Waals surface area contributed by atoms with Crippen LogP contribution in [0.3, 0.4) is 0 Å². The minimum Gasteiger partial charge on any atom is -0.243 e. The maximum atomic E-state index is 12.7. The van der Waals surface area contributed by atoms with Crippen LogP contribution < -0.4 is 0 Å². The van der Waals surface area contributed by atoms with Crippen molar-refractivity contribution in [1.29, 1.82) is 0 Å². The van der Waals surface area contributed by atoms with Crippen LogP contribution in [0.1, 0.15) is 31.1 Å². The van der Waals surface area contributed by atoms with Gasteiger partial charge in [0.05, 0.1) is 0 Å². The van der Waals surface area contributed by atoms with Crippen LogP contribution in [0.4, 0.5) is 4.39 Å². The van der Waals surface area contributed by atoms with Crippen LogP contribution in [0.2, 0.25) is 0 Å². The Bertz CT molecular complexity index is 211. The van der Waals surface area contributed by atoms with E-state index in [9.17, 15) is 4.39 Å². The van der Waals surface area contributed by atoms with E-state index in [0.29, 0.717) is 0 Å². The minimum atomic E-state index is -0.846. The SMILES string of the molecule is CCc1ccc(C(C)F)cc1. The van der Waals surface area contributed by atoms with Gasteiger partial charge in [0.1, 0.15) is 6.17 Å². The molecule has 0 aliphatic heterocycles. The largest absolute Gasteiger partial charge is 0.243 e. The lowest BCUT2D eigenvalue weighted by molar-refractivity contribution is 0.374. The van der Waals surface area contributed by atoms with Crippen LogP contribution in [-0.2, 0) is 6.42 Å². The number of rotatable bonds is 2. The highest BCUT2D eigenvalue weighted by atomic mass is 19.1. The average molecular weight is 152 g/mol. The van der Waals surface area contributed by atoms with Crippen LogP contribution in [-0.4, -0.2) is 0 Å². The summed E-state index contributed by atoms with van der Waals surface area (Å²) in [6, 6.07) is 7.66. The first-order chi connectivity index (χ1) is 5.24. The molecule has 1 unspecified atom stereocenters. The molecular weight excluding hydrogens is 139 g/mol. The maximum absolute atomic E-state index is 12.7. The molecule has 0 radical (unpaired) electrons. The van der Waals surface area contributed by atoms with Crippen LogP contribution in [0, 0.1) is 0 Å². The summed E-state index contributed by atoms with van der Waals surface area (Å²) in [5.74, 6) is 0. The molecule has 0 bridgehead atoms. The third-order valence-electron chi connectivity index (χ3n) is 1.85. The summed E-state index contributed by atoms with van der Waals surface area (Å²) in [4.78, 5) is 0. The lowest BCUT2D eigenvalue weighted by atomic mass is 10.1. The van der Waals surface area contributed by atoms with Crippen molar-refractivity contribution in [2.24, 2.45) is 0 Å². The molecule has 0 saturated carbocycles. The summed E-state index contributed by atoms with van der Waals surface area (Å²) >= 11 is 0. The van der Waals surface area contributed by atoms with Gasteiger partial charge >= 0.3 is 0 Å². The molecule has 11 heavy (non-hydrogen) atoms. The molecule has 1 atom stereocenters. The summed E-state index contributed by atoms with van der Waals surface area (Å²) in [5.41, 5.74) is 2.02. The molecule has 0 N–H and O–H groups in total. The Morgan fingerprint density at radius 1 is 1.27 bits per heavy atom. The van der Waals surface area contributed by atoms with Gasteiger partial charge in [0.15, 0.2) is 0 Å². The van der Waals surface area contributed by atoms with Crippen molar-refractivity contribution in [2.45, 2.75) is 26.4 Å². The zero-order valence-electron chi connectivity index (χ0n) is 6.97. The quantitative estimate of drug-likeness (QED) is 0.610. The van der Waals surface area contributed by atoms with Crippen LogP contribution in [0.25, 0.3) is 0 Å². The Labute approximate surface area is 67.1 Å². The molecule has 60 valence electrons. The normalized spacial score (nSPS) is 13.0. The van der Waals surface area contributed by atoms with E-state index in [1.54, 1.807) is 6.92 Å². The Balaban J connectivity index is 2.83. The van der Waals surface area contributed by atoms with E-state index in [1.165, 1.54) is 5.56 Å².